The number of anilines is 1. The SMILES string of the molecule is CC1(C)CC(=O)c2cc(NC(=O)Cc3ccccc3)ccc2O1. The zero-order valence-corrected chi connectivity index (χ0v) is 13.3. The third-order valence-electron chi connectivity index (χ3n) is 3.74. The van der Waals surface area contributed by atoms with Crippen molar-refractivity contribution < 1.29 is 14.3 Å². The molecule has 2 aromatic rings. The van der Waals surface area contributed by atoms with Crippen LogP contribution in [0.5, 0.6) is 5.75 Å². The quantitative estimate of drug-likeness (QED) is 0.942. The number of rotatable bonds is 3. The van der Waals surface area contributed by atoms with Gasteiger partial charge in [0.25, 0.3) is 0 Å². The van der Waals surface area contributed by atoms with Crippen LogP contribution in [0.4, 0.5) is 5.69 Å². The topological polar surface area (TPSA) is 55.4 Å². The Morgan fingerprint density at radius 3 is 2.65 bits per heavy atom. The zero-order valence-electron chi connectivity index (χ0n) is 13.3. The fourth-order valence-electron chi connectivity index (χ4n) is 2.72. The third-order valence-corrected chi connectivity index (χ3v) is 3.74. The summed E-state index contributed by atoms with van der Waals surface area (Å²) in [5.41, 5.74) is 1.61. The second-order valence-electron chi connectivity index (χ2n) is 6.38. The van der Waals surface area contributed by atoms with E-state index in [2.05, 4.69) is 5.32 Å². The molecule has 1 aliphatic heterocycles. The maximum atomic E-state index is 12.2. The minimum absolute atomic E-state index is 0.0374. The molecule has 0 saturated heterocycles. The first-order valence-corrected chi connectivity index (χ1v) is 7.63. The van der Waals surface area contributed by atoms with E-state index in [1.165, 1.54) is 0 Å². The molecule has 0 fully saturated rings. The van der Waals surface area contributed by atoms with Crippen molar-refractivity contribution in [2.45, 2.75) is 32.3 Å². The van der Waals surface area contributed by atoms with Gasteiger partial charge in [-0.25, -0.2) is 0 Å². The Kier molecular flexibility index (Phi) is 3.90. The van der Waals surface area contributed by atoms with Crippen LogP contribution >= 0.6 is 0 Å². The van der Waals surface area contributed by atoms with Crippen molar-refractivity contribution in [2.24, 2.45) is 0 Å². The zero-order chi connectivity index (χ0) is 16.4. The van der Waals surface area contributed by atoms with Crippen molar-refractivity contribution >= 4 is 17.4 Å². The molecule has 2 aromatic carbocycles. The van der Waals surface area contributed by atoms with Gasteiger partial charge in [0, 0.05) is 5.69 Å². The lowest BCUT2D eigenvalue weighted by Crippen LogP contribution is -2.35. The number of ketones is 1. The Balaban J connectivity index is 1.74. The number of nitrogens with one attached hydrogen (secondary N) is 1. The van der Waals surface area contributed by atoms with Crippen LogP contribution in [0.2, 0.25) is 0 Å². The van der Waals surface area contributed by atoms with E-state index in [0.29, 0.717) is 29.8 Å². The first-order chi connectivity index (χ1) is 10.9. The first-order valence-electron chi connectivity index (χ1n) is 7.63. The number of carbonyl (C=O) groups excluding carboxylic acids is 2. The highest BCUT2D eigenvalue weighted by Gasteiger charge is 2.32. The van der Waals surface area contributed by atoms with Crippen molar-refractivity contribution in [3.05, 3.63) is 59.7 Å². The van der Waals surface area contributed by atoms with E-state index in [0.717, 1.165) is 5.56 Å². The van der Waals surface area contributed by atoms with Crippen molar-refractivity contribution in [1.82, 2.24) is 0 Å². The minimum atomic E-state index is -0.484. The molecule has 4 heteroatoms. The number of fused-ring (bicyclic) bond motifs is 1. The Bertz CT molecular complexity index is 750. The number of amides is 1. The molecule has 23 heavy (non-hydrogen) atoms. The van der Waals surface area contributed by atoms with Gasteiger partial charge in [-0.05, 0) is 37.6 Å². The van der Waals surface area contributed by atoms with E-state index >= 15 is 0 Å². The lowest BCUT2D eigenvalue weighted by Gasteiger charge is -2.31. The van der Waals surface area contributed by atoms with E-state index in [-0.39, 0.29) is 11.7 Å². The molecule has 4 nitrogen and oxygen atoms in total. The van der Waals surface area contributed by atoms with Crippen LogP contribution in [0, 0.1) is 0 Å². The van der Waals surface area contributed by atoms with Gasteiger partial charge in [-0.1, -0.05) is 30.3 Å². The van der Waals surface area contributed by atoms with Crippen LogP contribution in [-0.4, -0.2) is 17.3 Å². The normalized spacial score (nSPS) is 15.5. The standard InChI is InChI=1S/C19H19NO3/c1-19(2)12-16(21)15-11-14(8-9-17(15)23-19)20-18(22)10-13-6-4-3-5-7-13/h3-9,11H,10,12H2,1-2H3,(H,20,22). The van der Waals surface area contributed by atoms with Gasteiger partial charge in [0.05, 0.1) is 18.4 Å². The van der Waals surface area contributed by atoms with Crippen LogP contribution < -0.4 is 10.1 Å². The van der Waals surface area contributed by atoms with E-state index in [1.807, 2.05) is 44.2 Å². The van der Waals surface area contributed by atoms with Crippen molar-refractivity contribution in [2.75, 3.05) is 5.32 Å². The van der Waals surface area contributed by atoms with Crippen molar-refractivity contribution in [1.29, 1.82) is 0 Å². The highest BCUT2D eigenvalue weighted by molar-refractivity contribution is 6.02. The number of benzene rings is 2. The summed E-state index contributed by atoms with van der Waals surface area (Å²) in [5, 5.41) is 2.84. The third kappa shape index (κ3) is 3.59. The van der Waals surface area contributed by atoms with E-state index in [9.17, 15) is 9.59 Å². The predicted molar refractivity (Wildman–Crippen MR) is 88.9 cm³/mol. The smallest absolute Gasteiger partial charge is 0.228 e. The molecule has 1 amide bonds. The van der Waals surface area contributed by atoms with Gasteiger partial charge in [-0.3, -0.25) is 9.59 Å². The molecular weight excluding hydrogens is 290 g/mol. The molecule has 118 valence electrons. The highest BCUT2D eigenvalue weighted by atomic mass is 16.5. The van der Waals surface area contributed by atoms with Gasteiger partial charge in [0.1, 0.15) is 11.4 Å². The fourth-order valence-corrected chi connectivity index (χ4v) is 2.72. The van der Waals surface area contributed by atoms with Gasteiger partial charge in [0.2, 0.25) is 5.91 Å². The fraction of sp³-hybridized carbons (Fsp3) is 0.263. The van der Waals surface area contributed by atoms with Gasteiger partial charge in [0.15, 0.2) is 5.78 Å². The Labute approximate surface area is 135 Å². The lowest BCUT2D eigenvalue weighted by molar-refractivity contribution is -0.115. The van der Waals surface area contributed by atoms with Gasteiger partial charge < -0.3 is 10.1 Å². The van der Waals surface area contributed by atoms with Crippen LogP contribution in [-0.2, 0) is 11.2 Å². The van der Waals surface area contributed by atoms with Gasteiger partial charge in [-0.15, -0.1) is 0 Å². The average molecular weight is 309 g/mol. The largest absolute Gasteiger partial charge is 0.487 e. The Morgan fingerprint density at radius 1 is 1.17 bits per heavy atom. The van der Waals surface area contributed by atoms with Gasteiger partial charge >= 0.3 is 0 Å². The Morgan fingerprint density at radius 2 is 1.91 bits per heavy atom. The summed E-state index contributed by atoms with van der Waals surface area (Å²) in [7, 11) is 0. The molecule has 0 unspecified atom stereocenters. The molecule has 1 N–H and O–H groups in total. The first kappa shape index (κ1) is 15.3. The summed E-state index contributed by atoms with van der Waals surface area (Å²) in [6.45, 7) is 3.78. The molecular formula is C19H19NO3. The summed E-state index contributed by atoms with van der Waals surface area (Å²) < 4.78 is 5.81. The summed E-state index contributed by atoms with van der Waals surface area (Å²) in [6.07, 6.45) is 0.636. The maximum absolute atomic E-state index is 12.2. The van der Waals surface area contributed by atoms with Gasteiger partial charge in [-0.2, -0.15) is 0 Å². The molecule has 0 radical (unpaired) electrons. The molecule has 0 spiro atoms. The van der Waals surface area contributed by atoms with Crippen LogP contribution in [0.3, 0.4) is 0 Å². The van der Waals surface area contributed by atoms with Crippen LogP contribution in [0.25, 0.3) is 0 Å². The molecule has 1 heterocycles. The summed E-state index contributed by atoms with van der Waals surface area (Å²) in [5.74, 6) is 0.503. The van der Waals surface area contributed by atoms with E-state index in [4.69, 9.17) is 4.74 Å². The van der Waals surface area contributed by atoms with E-state index < -0.39 is 5.60 Å². The molecule has 0 aliphatic carbocycles. The predicted octanol–water partition coefficient (Wildman–Crippen LogP) is 3.61. The van der Waals surface area contributed by atoms with Crippen molar-refractivity contribution in [3.63, 3.8) is 0 Å². The Hall–Kier alpha value is -2.62. The number of Topliss-reactive ketones (excluding diaryl/α,β-unsaturated/α-hetero) is 1. The molecule has 3 rings (SSSR count). The monoisotopic (exact) mass is 309 g/mol. The minimum Gasteiger partial charge on any atom is -0.487 e. The average Bonchev–Trinajstić information content (AvgIpc) is 2.48. The number of ether oxygens (including phenoxy) is 1. The number of hydrogen-bond donors (Lipinski definition) is 1. The molecule has 0 atom stereocenters. The van der Waals surface area contributed by atoms with Crippen LogP contribution in [0.15, 0.2) is 48.5 Å². The number of carbonyl (C=O) groups is 2. The molecule has 1 aliphatic rings. The molecule has 0 saturated carbocycles. The summed E-state index contributed by atoms with van der Waals surface area (Å²) in [6, 6.07) is 14.7. The second kappa shape index (κ2) is 5.88. The maximum Gasteiger partial charge on any atom is 0.228 e. The van der Waals surface area contributed by atoms with Crippen LogP contribution in [0.1, 0.15) is 36.2 Å². The molecule has 0 aromatic heterocycles. The summed E-state index contributed by atoms with van der Waals surface area (Å²) in [4.78, 5) is 24.3. The van der Waals surface area contributed by atoms with E-state index in [1.54, 1.807) is 18.2 Å². The highest BCUT2D eigenvalue weighted by Crippen LogP contribution is 2.34. The van der Waals surface area contributed by atoms with Crippen molar-refractivity contribution in [3.8, 4) is 5.75 Å². The second-order valence-corrected chi connectivity index (χ2v) is 6.38. The summed E-state index contributed by atoms with van der Waals surface area (Å²) >= 11 is 0. The molecule has 0 bridgehead atoms. The number of hydrogen-bond acceptors (Lipinski definition) is 3. The lowest BCUT2D eigenvalue weighted by atomic mass is 9.93.